The number of hydrogen-bond acceptors (Lipinski definition) is 4. The molecule has 0 spiro atoms. The van der Waals surface area contributed by atoms with E-state index in [1.165, 1.54) is 0 Å². The van der Waals surface area contributed by atoms with Crippen molar-refractivity contribution in [3.63, 3.8) is 0 Å². The molecule has 0 heterocycles. The molecule has 0 amide bonds. The summed E-state index contributed by atoms with van der Waals surface area (Å²) in [6, 6.07) is 8.14. The lowest BCUT2D eigenvalue weighted by Gasteiger charge is -2.21. The van der Waals surface area contributed by atoms with Gasteiger partial charge in [-0.3, -0.25) is 9.59 Å². The summed E-state index contributed by atoms with van der Waals surface area (Å²) in [5.41, 5.74) is 6.31. The van der Waals surface area contributed by atoms with Gasteiger partial charge in [-0.1, -0.05) is 50.1 Å². The van der Waals surface area contributed by atoms with Crippen LogP contribution in [0.3, 0.4) is 0 Å². The average molecular weight is 291 g/mol. The molecule has 0 saturated carbocycles. The maximum atomic E-state index is 12.4. The van der Waals surface area contributed by atoms with E-state index in [-0.39, 0.29) is 11.9 Å². The first-order valence-corrected chi connectivity index (χ1v) is 7.52. The van der Waals surface area contributed by atoms with Crippen LogP contribution in [0.1, 0.15) is 50.4 Å². The van der Waals surface area contributed by atoms with Gasteiger partial charge in [0.15, 0.2) is 5.78 Å². The van der Waals surface area contributed by atoms with Crippen LogP contribution < -0.4 is 5.73 Å². The van der Waals surface area contributed by atoms with E-state index >= 15 is 0 Å². The van der Waals surface area contributed by atoms with Gasteiger partial charge in [-0.15, -0.1) is 0 Å². The fraction of sp³-hybridized carbons (Fsp3) is 0.529. The Morgan fingerprint density at radius 2 is 1.81 bits per heavy atom. The van der Waals surface area contributed by atoms with Gasteiger partial charge in [0.2, 0.25) is 0 Å². The Hall–Kier alpha value is -1.68. The third-order valence-corrected chi connectivity index (χ3v) is 3.40. The van der Waals surface area contributed by atoms with Crippen LogP contribution >= 0.6 is 0 Å². The van der Waals surface area contributed by atoms with Gasteiger partial charge in [0, 0.05) is 11.6 Å². The summed E-state index contributed by atoms with van der Waals surface area (Å²) in [4.78, 5) is 24.7. The molecule has 0 aliphatic rings. The predicted molar refractivity (Wildman–Crippen MR) is 83.0 cm³/mol. The van der Waals surface area contributed by atoms with Crippen LogP contribution in [0.15, 0.2) is 30.3 Å². The molecular weight excluding hydrogens is 266 g/mol. The number of benzene rings is 1. The van der Waals surface area contributed by atoms with E-state index in [1.807, 2.05) is 13.0 Å². The van der Waals surface area contributed by atoms with Crippen molar-refractivity contribution in [2.75, 3.05) is 0 Å². The Morgan fingerprint density at radius 3 is 2.33 bits per heavy atom. The van der Waals surface area contributed by atoms with Crippen molar-refractivity contribution >= 4 is 11.8 Å². The van der Waals surface area contributed by atoms with Crippen LogP contribution in [-0.2, 0) is 9.53 Å². The van der Waals surface area contributed by atoms with Crippen molar-refractivity contribution < 1.29 is 14.3 Å². The Balaban J connectivity index is 2.77. The van der Waals surface area contributed by atoms with Crippen molar-refractivity contribution in [3.05, 3.63) is 35.9 Å². The van der Waals surface area contributed by atoms with Crippen molar-refractivity contribution in [3.8, 4) is 0 Å². The van der Waals surface area contributed by atoms with Crippen LogP contribution in [-0.4, -0.2) is 23.9 Å². The normalized spacial score (nSPS) is 15.0. The molecule has 0 saturated heterocycles. The fourth-order valence-corrected chi connectivity index (χ4v) is 2.16. The maximum absolute atomic E-state index is 12.4. The molecule has 3 atom stereocenters. The van der Waals surface area contributed by atoms with Crippen LogP contribution in [0, 0.1) is 5.92 Å². The summed E-state index contributed by atoms with van der Waals surface area (Å²) in [5, 5.41) is 0. The molecule has 0 fully saturated rings. The number of Topliss-reactive ketones (excluding diaryl/α,β-unsaturated/α-hetero) is 1. The fourth-order valence-electron chi connectivity index (χ4n) is 2.16. The Kier molecular flexibility index (Phi) is 7.09. The van der Waals surface area contributed by atoms with Crippen LogP contribution in [0.5, 0.6) is 0 Å². The molecule has 0 bridgehead atoms. The molecule has 4 nitrogen and oxygen atoms in total. The Morgan fingerprint density at radius 1 is 1.19 bits per heavy atom. The second-order valence-corrected chi connectivity index (χ2v) is 5.46. The highest BCUT2D eigenvalue weighted by atomic mass is 16.5. The largest absolute Gasteiger partial charge is 0.462 e. The highest BCUT2D eigenvalue weighted by molar-refractivity contribution is 6.09. The topological polar surface area (TPSA) is 69.4 Å². The van der Waals surface area contributed by atoms with Crippen molar-refractivity contribution in [2.45, 2.75) is 52.2 Å². The molecule has 21 heavy (non-hydrogen) atoms. The van der Waals surface area contributed by atoms with Crippen molar-refractivity contribution in [1.29, 1.82) is 0 Å². The number of carbonyl (C=O) groups excluding carboxylic acids is 2. The Labute approximate surface area is 126 Å². The van der Waals surface area contributed by atoms with Gasteiger partial charge in [-0.2, -0.15) is 0 Å². The van der Waals surface area contributed by atoms with Gasteiger partial charge in [0.05, 0.1) is 6.10 Å². The number of ketones is 1. The van der Waals surface area contributed by atoms with E-state index in [2.05, 4.69) is 6.92 Å². The number of hydrogen-bond donors (Lipinski definition) is 1. The maximum Gasteiger partial charge on any atom is 0.318 e. The second-order valence-electron chi connectivity index (χ2n) is 5.46. The molecule has 0 radical (unpaired) electrons. The first kappa shape index (κ1) is 17.4. The minimum Gasteiger partial charge on any atom is -0.462 e. The van der Waals surface area contributed by atoms with Gasteiger partial charge in [-0.05, 0) is 20.3 Å². The van der Waals surface area contributed by atoms with Gasteiger partial charge in [0.1, 0.15) is 5.92 Å². The van der Waals surface area contributed by atoms with Crippen LogP contribution in [0.2, 0.25) is 0 Å². The second kappa shape index (κ2) is 8.57. The highest BCUT2D eigenvalue weighted by Gasteiger charge is 2.33. The summed E-state index contributed by atoms with van der Waals surface area (Å²) >= 11 is 0. The van der Waals surface area contributed by atoms with Crippen molar-refractivity contribution in [1.82, 2.24) is 0 Å². The number of rotatable bonds is 8. The molecule has 1 aromatic carbocycles. The number of esters is 1. The number of carbonyl (C=O) groups is 2. The van der Waals surface area contributed by atoms with Gasteiger partial charge < -0.3 is 10.5 Å². The lowest BCUT2D eigenvalue weighted by Crippen LogP contribution is -2.41. The van der Waals surface area contributed by atoms with Crippen LogP contribution in [0.25, 0.3) is 0 Å². The average Bonchev–Trinajstić information content (AvgIpc) is 2.45. The number of unbranched alkanes of at least 4 members (excludes halogenated alkanes) is 1. The summed E-state index contributed by atoms with van der Waals surface area (Å²) < 4.78 is 5.38. The zero-order chi connectivity index (χ0) is 15.8. The minimum atomic E-state index is -0.948. The molecule has 4 heteroatoms. The van der Waals surface area contributed by atoms with E-state index in [0.717, 1.165) is 19.3 Å². The summed E-state index contributed by atoms with van der Waals surface area (Å²) in [6.07, 6.45) is 2.64. The first-order valence-electron chi connectivity index (χ1n) is 7.52. The molecule has 0 aliphatic carbocycles. The first-order chi connectivity index (χ1) is 9.97. The van der Waals surface area contributed by atoms with E-state index in [9.17, 15) is 9.59 Å². The van der Waals surface area contributed by atoms with E-state index < -0.39 is 17.9 Å². The quantitative estimate of drug-likeness (QED) is 0.454. The Bertz CT molecular complexity index is 456. The summed E-state index contributed by atoms with van der Waals surface area (Å²) in [7, 11) is 0. The number of ether oxygens (including phenoxy) is 1. The van der Waals surface area contributed by atoms with E-state index in [0.29, 0.717) is 5.56 Å². The zero-order valence-corrected chi connectivity index (χ0v) is 13.0. The summed E-state index contributed by atoms with van der Waals surface area (Å²) in [5.74, 6) is -1.75. The molecule has 0 aromatic heterocycles. The lowest BCUT2D eigenvalue weighted by atomic mass is 9.92. The van der Waals surface area contributed by atoms with Gasteiger partial charge >= 0.3 is 5.97 Å². The number of nitrogens with two attached hydrogens (primary N) is 1. The monoisotopic (exact) mass is 291 g/mol. The third-order valence-electron chi connectivity index (χ3n) is 3.40. The molecule has 116 valence electrons. The SMILES string of the molecule is CCCCC(C)OC(=O)C(C(=O)c1ccccc1)C(C)N. The van der Waals surface area contributed by atoms with Crippen molar-refractivity contribution in [2.24, 2.45) is 11.7 Å². The predicted octanol–water partition coefficient (Wildman–Crippen LogP) is 2.95. The van der Waals surface area contributed by atoms with E-state index in [4.69, 9.17) is 10.5 Å². The molecular formula is C17H25NO3. The molecule has 1 aromatic rings. The molecule has 0 aliphatic heterocycles. The lowest BCUT2D eigenvalue weighted by molar-refractivity contribution is -0.152. The van der Waals surface area contributed by atoms with E-state index in [1.54, 1.807) is 31.2 Å². The minimum absolute atomic E-state index is 0.192. The van der Waals surface area contributed by atoms with Gasteiger partial charge in [-0.25, -0.2) is 0 Å². The highest BCUT2D eigenvalue weighted by Crippen LogP contribution is 2.16. The third kappa shape index (κ3) is 5.31. The molecule has 3 unspecified atom stereocenters. The summed E-state index contributed by atoms with van der Waals surface area (Å²) in [6.45, 7) is 5.58. The smallest absolute Gasteiger partial charge is 0.318 e. The van der Waals surface area contributed by atoms with Gasteiger partial charge in [0.25, 0.3) is 0 Å². The molecule has 2 N–H and O–H groups in total. The zero-order valence-electron chi connectivity index (χ0n) is 13.0. The molecule has 1 rings (SSSR count). The van der Waals surface area contributed by atoms with Crippen LogP contribution in [0.4, 0.5) is 0 Å². The standard InChI is InChI=1S/C17H25NO3/c1-4-5-9-12(2)21-17(20)15(13(3)18)16(19)14-10-7-6-8-11-14/h6-8,10-13,15H,4-5,9,18H2,1-3H3.